The third-order valence-electron chi connectivity index (χ3n) is 6.02. The molecular weight excluding hydrogens is 358 g/mol. The van der Waals surface area contributed by atoms with Crippen LogP contribution in [0.5, 0.6) is 0 Å². The van der Waals surface area contributed by atoms with Crippen molar-refractivity contribution in [3.63, 3.8) is 0 Å². The maximum Gasteiger partial charge on any atom is 0.289 e. The minimum atomic E-state index is -0.0616. The van der Waals surface area contributed by atoms with Crippen LogP contribution in [0.1, 0.15) is 43.2 Å². The molecule has 2 fully saturated rings. The number of piperidine rings is 1. The molecule has 2 amide bonds. The number of hydrogen-bond acceptors (Lipinski definition) is 5. The molecule has 0 radical (unpaired) electrons. The summed E-state index contributed by atoms with van der Waals surface area (Å²) in [4.78, 5) is 35.0. The van der Waals surface area contributed by atoms with Gasteiger partial charge in [-0.3, -0.25) is 14.5 Å². The summed E-state index contributed by atoms with van der Waals surface area (Å²) in [5, 5.41) is 0. The first-order valence-electron chi connectivity index (χ1n) is 10.3. The second-order valence-electron chi connectivity index (χ2n) is 7.93. The molecule has 2 aliphatic heterocycles. The zero-order valence-electron chi connectivity index (χ0n) is 17.3. The van der Waals surface area contributed by atoms with Crippen LogP contribution in [0.2, 0.25) is 0 Å². The Balaban J connectivity index is 1.66. The first kappa shape index (κ1) is 20.8. The molecule has 8 heteroatoms. The number of aryl methyl sites for hydroxylation is 1. The SMILES string of the molecule is CC(=O)N1CCCC(N(CCN(C)C(=O)c2nccn2C)C2CCOCC2)C1. The minimum Gasteiger partial charge on any atom is -0.381 e. The summed E-state index contributed by atoms with van der Waals surface area (Å²) in [5.74, 6) is 0.549. The third kappa shape index (κ3) is 4.91. The number of rotatable bonds is 6. The molecule has 1 aromatic heterocycles. The molecule has 1 atom stereocenters. The van der Waals surface area contributed by atoms with Crippen LogP contribution in [0.4, 0.5) is 0 Å². The van der Waals surface area contributed by atoms with Crippen LogP contribution in [0.3, 0.4) is 0 Å². The van der Waals surface area contributed by atoms with Crippen molar-refractivity contribution >= 4 is 11.8 Å². The molecule has 1 unspecified atom stereocenters. The summed E-state index contributed by atoms with van der Waals surface area (Å²) in [6.07, 6.45) is 7.58. The Hall–Kier alpha value is -1.93. The smallest absolute Gasteiger partial charge is 0.289 e. The molecule has 3 rings (SSSR count). The highest BCUT2D eigenvalue weighted by Gasteiger charge is 2.32. The first-order valence-corrected chi connectivity index (χ1v) is 10.3. The van der Waals surface area contributed by atoms with E-state index in [-0.39, 0.29) is 11.8 Å². The molecule has 0 aromatic carbocycles. The van der Waals surface area contributed by atoms with Gasteiger partial charge in [0.15, 0.2) is 5.82 Å². The lowest BCUT2D eigenvalue weighted by Crippen LogP contribution is -2.55. The molecule has 2 aliphatic rings. The lowest BCUT2D eigenvalue weighted by molar-refractivity contribution is -0.131. The van der Waals surface area contributed by atoms with Gasteiger partial charge in [-0.25, -0.2) is 4.98 Å². The van der Waals surface area contributed by atoms with E-state index in [0.717, 1.165) is 58.5 Å². The van der Waals surface area contributed by atoms with E-state index >= 15 is 0 Å². The molecule has 0 N–H and O–H groups in total. The molecular formula is C20H33N5O3. The molecule has 8 nitrogen and oxygen atoms in total. The van der Waals surface area contributed by atoms with Gasteiger partial charge in [0.1, 0.15) is 0 Å². The lowest BCUT2D eigenvalue weighted by Gasteiger charge is -2.44. The van der Waals surface area contributed by atoms with Crippen LogP contribution in [0.15, 0.2) is 12.4 Å². The fourth-order valence-electron chi connectivity index (χ4n) is 4.30. The summed E-state index contributed by atoms with van der Waals surface area (Å²) in [6.45, 7) is 6.29. The van der Waals surface area contributed by atoms with Crippen LogP contribution >= 0.6 is 0 Å². The standard InChI is InChI=1S/C20H33N5O3/c1-16(26)24-9-4-5-18(15-24)25(17-6-13-28-14-7-17)12-11-23(3)20(27)19-21-8-10-22(19)2/h8,10,17-18H,4-7,9,11-15H2,1-3H3. The van der Waals surface area contributed by atoms with Crippen molar-refractivity contribution in [2.24, 2.45) is 7.05 Å². The van der Waals surface area contributed by atoms with E-state index < -0.39 is 0 Å². The van der Waals surface area contributed by atoms with Gasteiger partial charge < -0.3 is 19.1 Å². The zero-order valence-corrected chi connectivity index (χ0v) is 17.3. The van der Waals surface area contributed by atoms with E-state index in [1.165, 1.54) is 0 Å². The van der Waals surface area contributed by atoms with Gasteiger partial charge in [-0.05, 0) is 25.7 Å². The quantitative estimate of drug-likeness (QED) is 0.723. The van der Waals surface area contributed by atoms with Crippen molar-refractivity contribution in [3.8, 4) is 0 Å². The molecule has 2 saturated heterocycles. The van der Waals surface area contributed by atoms with Crippen LogP contribution in [0, 0.1) is 0 Å². The highest BCUT2D eigenvalue weighted by atomic mass is 16.5. The largest absolute Gasteiger partial charge is 0.381 e. The summed E-state index contributed by atoms with van der Waals surface area (Å²) < 4.78 is 7.31. The average molecular weight is 392 g/mol. The van der Waals surface area contributed by atoms with Crippen LogP contribution in [-0.4, -0.2) is 94.6 Å². The lowest BCUT2D eigenvalue weighted by atomic mass is 9.98. The Morgan fingerprint density at radius 2 is 1.96 bits per heavy atom. The Kier molecular flexibility index (Phi) is 7.07. The molecule has 28 heavy (non-hydrogen) atoms. The second kappa shape index (κ2) is 9.52. The van der Waals surface area contributed by atoms with Crippen molar-refractivity contribution < 1.29 is 14.3 Å². The van der Waals surface area contributed by atoms with E-state index in [4.69, 9.17) is 4.74 Å². The molecule has 0 bridgehead atoms. The van der Waals surface area contributed by atoms with Gasteiger partial charge in [0.05, 0.1) is 0 Å². The normalized spacial score (nSPS) is 21.1. The number of likely N-dealkylation sites (N-methyl/N-ethyl adjacent to an activating group) is 1. The molecule has 0 aliphatic carbocycles. The zero-order chi connectivity index (χ0) is 20.1. The first-order chi connectivity index (χ1) is 13.5. The van der Waals surface area contributed by atoms with E-state index in [1.807, 2.05) is 19.0 Å². The van der Waals surface area contributed by atoms with Gasteiger partial charge in [0.25, 0.3) is 5.91 Å². The Bertz CT molecular complexity index is 671. The van der Waals surface area contributed by atoms with E-state index in [0.29, 0.717) is 24.5 Å². The number of aromatic nitrogens is 2. The van der Waals surface area contributed by atoms with E-state index in [1.54, 1.807) is 28.8 Å². The monoisotopic (exact) mass is 391 g/mol. The number of ether oxygens (including phenoxy) is 1. The minimum absolute atomic E-state index is 0.0616. The fraction of sp³-hybridized carbons (Fsp3) is 0.750. The fourth-order valence-corrected chi connectivity index (χ4v) is 4.30. The number of hydrogen-bond donors (Lipinski definition) is 0. The van der Waals surface area contributed by atoms with Gasteiger partial charge in [0, 0.05) is 84.9 Å². The van der Waals surface area contributed by atoms with E-state index in [2.05, 4.69) is 9.88 Å². The van der Waals surface area contributed by atoms with Gasteiger partial charge in [0.2, 0.25) is 5.91 Å². The topological polar surface area (TPSA) is 70.9 Å². The van der Waals surface area contributed by atoms with Crippen molar-refractivity contribution in [1.29, 1.82) is 0 Å². The van der Waals surface area contributed by atoms with Crippen molar-refractivity contribution in [1.82, 2.24) is 24.3 Å². The number of carbonyl (C=O) groups is 2. The molecule has 0 spiro atoms. The van der Waals surface area contributed by atoms with E-state index in [9.17, 15) is 9.59 Å². The number of imidazole rings is 1. The number of amides is 2. The Labute approximate surface area is 167 Å². The Morgan fingerprint density at radius 1 is 1.21 bits per heavy atom. The van der Waals surface area contributed by atoms with Gasteiger partial charge in [-0.1, -0.05) is 0 Å². The maximum atomic E-state index is 12.7. The number of likely N-dealkylation sites (tertiary alicyclic amines) is 1. The molecule has 0 saturated carbocycles. The van der Waals surface area contributed by atoms with Crippen molar-refractivity contribution in [3.05, 3.63) is 18.2 Å². The van der Waals surface area contributed by atoms with Crippen LogP contribution < -0.4 is 0 Å². The van der Waals surface area contributed by atoms with Crippen LogP contribution in [0.25, 0.3) is 0 Å². The average Bonchev–Trinajstić information content (AvgIpc) is 3.14. The predicted octanol–water partition coefficient (Wildman–Crippen LogP) is 0.984. The summed E-state index contributed by atoms with van der Waals surface area (Å²) in [7, 11) is 3.67. The highest BCUT2D eigenvalue weighted by molar-refractivity contribution is 5.90. The molecule has 3 heterocycles. The molecule has 1 aromatic rings. The maximum absolute atomic E-state index is 12.7. The van der Waals surface area contributed by atoms with Gasteiger partial charge in [-0.2, -0.15) is 0 Å². The van der Waals surface area contributed by atoms with Crippen molar-refractivity contribution in [2.75, 3.05) is 46.4 Å². The summed E-state index contributed by atoms with van der Waals surface area (Å²) in [5.41, 5.74) is 0. The number of nitrogens with zero attached hydrogens (tertiary/aromatic N) is 5. The Morgan fingerprint density at radius 3 is 2.61 bits per heavy atom. The summed E-state index contributed by atoms with van der Waals surface area (Å²) >= 11 is 0. The van der Waals surface area contributed by atoms with Gasteiger partial charge >= 0.3 is 0 Å². The summed E-state index contributed by atoms with van der Waals surface area (Å²) in [6, 6.07) is 0.791. The third-order valence-corrected chi connectivity index (χ3v) is 6.02. The van der Waals surface area contributed by atoms with Gasteiger partial charge in [-0.15, -0.1) is 0 Å². The highest BCUT2D eigenvalue weighted by Crippen LogP contribution is 2.23. The second-order valence-corrected chi connectivity index (χ2v) is 7.93. The molecule has 156 valence electrons. The van der Waals surface area contributed by atoms with Crippen LogP contribution in [-0.2, 0) is 16.6 Å². The van der Waals surface area contributed by atoms with Crippen molar-refractivity contribution in [2.45, 2.75) is 44.7 Å². The predicted molar refractivity (Wildman–Crippen MR) is 106 cm³/mol. The number of carbonyl (C=O) groups excluding carboxylic acids is 2.